The van der Waals surface area contributed by atoms with Gasteiger partial charge in [-0.1, -0.05) is 188 Å². The molecule has 0 amide bonds. The molecular formula is C67H48N2O. The van der Waals surface area contributed by atoms with Gasteiger partial charge in [0.1, 0.15) is 5.75 Å². The number of fused-ring (bicyclic) bond motifs is 8. The van der Waals surface area contributed by atoms with Gasteiger partial charge in [0.25, 0.3) is 0 Å². The summed E-state index contributed by atoms with van der Waals surface area (Å²) in [4.78, 5) is 2.32. The van der Waals surface area contributed by atoms with Crippen molar-refractivity contribution < 1.29 is 4.74 Å². The predicted molar refractivity (Wildman–Crippen MR) is 292 cm³/mol. The molecule has 1 aliphatic rings. The van der Waals surface area contributed by atoms with Crippen LogP contribution in [-0.4, -0.2) is 11.7 Å². The highest BCUT2D eigenvalue weighted by Gasteiger charge is 2.46. The Morgan fingerprint density at radius 3 is 1.69 bits per heavy atom. The highest BCUT2D eigenvalue weighted by molar-refractivity contribution is 6.24. The van der Waals surface area contributed by atoms with E-state index in [1.54, 1.807) is 7.11 Å². The first-order chi connectivity index (χ1) is 34.6. The number of nitrogens with zero attached hydrogens (tertiary/aromatic N) is 2. The van der Waals surface area contributed by atoms with Crippen molar-refractivity contribution in [3.8, 4) is 44.8 Å². The Kier molecular flexibility index (Phi) is 9.85. The molecule has 70 heavy (non-hydrogen) atoms. The zero-order valence-electron chi connectivity index (χ0n) is 39.1. The first kappa shape index (κ1) is 41.3. The normalized spacial score (nSPS) is 12.5. The van der Waals surface area contributed by atoms with Crippen LogP contribution >= 0.6 is 0 Å². The molecule has 0 radical (unpaired) electrons. The van der Waals surface area contributed by atoms with E-state index in [-0.39, 0.29) is 0 Å². The van der Waals surface area contributed by atoms with E-state index >= 15 is 0 Å². The van der Waals surface area contributed by atoms with Crippen molar-refractivity contribution in [2.75, 3.05) is 12.0 Å². The Balaban J connectivity index is 1.03. The fraction of sp³-hybridized carbons (Fsp3) is 0.0448. The molecule has 332 valence electrons. The van der Waals surface area contributed by atoms with Crippen LogP contribution in [-0.2, 0) is 5.41 Å². The van der Waals surface area contributed by atoms with Gasteiger partial charge in [0.15, 0.2) is 0 Å². The molecule has 1 heterocycles. The smallest absolute Gasteiger partial charge is 0.119 e. The molecule has 3 heteroatoms. The maximum atomic E-state index is 5.57. The number of hydrogen-bond acceptors (Lipinski definition) is 2. The van der Waals surface area contributed by atoms with E-state index in [1.807, 2.05) is 12.1 Å². The molecule has 13 rings (SSSR count). The molecule has 0 fully saturated rings. The third kappa shape index (κ3) is 6.43. The maximum Gasteiger partial charge on any atom is 0.119 e. The van der Waals surface area contributed by atoms with E-state index in [0.29, 0.717) is 0 Å². The maximum absolute atomic E-state index is 5.57. The lowest BCUT2D eigenvalue weighted by molar-refractivity contribution is 0.415. The van der Waals surface area contributed by atoms with Crippen molar-refractivity contribution in [1.29, 1.82) is 0 Å². The Labute approximate surface area is 408 Å². The molecule has 0 aliphatic heterocycles. The molecule has 0 unspecified atom stereocenters. The van der Waals surface area contributed by atoms with Gasteiger partial charge in [-0.05, 0) is 146 Å². The van der Waals surface area contributed by atoms with Crippen molar-refractivity contribution in [3.05, 3.63) is 283 Å². The summed E-state index contributed by atoms with van der Waals surface area (Å²) >= 11 is 0. The van der Waals surface area contributed by atoms with E-state index in [9.17, 15) is 0 Å². The van der Waals surface area contributed by atoms with Gasteiger partial charge >= 0.3 is 0 Å². The van der Waals surface area contributed by atoms with Crippen LogP contribution in [0, 0.1) is 6.92 Å². The highest BCUT2D eigenvalue weighted by atomic mass is 16.5. The number of benzene rings is 11. The van der Waals surface area contributed by atoms with E-state index in [2.05, 4.69) is 259 Å². The average Bonchev–Trinajstić information content (AvgIpc) is 3.92. The van der Waals surface area contributed by atoms with Gasteiger partial charge in [0, 0.05) is 33.5 Å². The second-order valence-electron chi connectivity index (χ2n) is 18.4. The number of aromatic nitrogens is 1. The van der Waals surface area contributed by atoms with Crippen LogP contribution in [0.15, 0.2) is 255 Å². The molecular weight excluding hydrogens is 849 g/mol. The molecule has 0 atom stereocenters. The molecule has 1 aromatic heterocycles. The van der Waals surface area contributed by atoms with Gasteiger partial charge in [-0.25, -0.2) is 0 Å². The Morgan fingerprint density at radius 1 is 0.386 bits per heavy atom. The zero-order valence-corrected chi connectivity index (χ0v) is 39.1. The second kappa shape index (κ2) is 16.7. The molecule has 11 aromatic carbocycles. The fourth-order valence-electron chi connectivity index (χ4n) is 11.6. The van der Waals surface area contributed by atoms with Crippen LogP contribution < -0.4 is 9.64 Å². The quantitative estimate of drug-likeness (QED) is 0.144. The summed E-state index contributed by atoms with van der Waals surface area (Å²) in [6.07, 6.45) is 0. The van der Waals surface area contributed by atoms with Crippen molar-refractivity contribution in [2.45, 2.75) is 12.3 Å². The van der Waals surface area contributed by atoms with Crippen molar-refractivity contribution in [3.63, 3.8) is 0 Å². The molecule has 0 bridgehead atoms. The van der Waals surface area contributed by atoms with Crippen LogP contribution in [0.3, 0.4) is 0 Å². The minimum Gasteiger partial charge on any atom is -0.497 e. The molecule has 0 N–H and O–H groups in total. The summed E-state index contributed by atoms with van der Waals surface area (Å²) < 4.78 is 8.08. The molecule has 3 nitrogen and oxygen atoms in total. The van der Waals surface area contributed by atoms with E-state index in [4.69, 9.17) is 4.74 Å². The number of hydrogen-bond donors (Lipinski definition) is 0. The summed E-state index contributed by atoms with van der Waals surface area (Å²) in [5.41, 5.74) is 19.7. The Hall–Kier alpha value is -8.92. The number of methoxy groups -OCH3 is 1. The van der Waals surface area contributed by atoms with Gasteiger partial charge in [0.2, 0.25) is 0 Å². The largest absolute Gasteiger partial charge is 0.497 e. The van der Waals surface area contributed by atoms with E-state index in [1.165, 1.54) is 88.2 Å². The predicted octanol–water partition coefficient (Wildman–Crippen LogP) is 17.4. The molecule has 0 saturated carbocycles. The van der Waals surface area contributed by atoms with Gasteiger partial charge < -0.3 is 14.2 Å². The number of para-hydroxylation sites is 1. The van der Waals surface area contributed by atoms with Crippen LogP contribution in [0.4, 0.5) is 17.1 Å². The van der Waals surface area contributed by atoms with E-state index < -0.39 is 5.41 Å². The molecule has 12 aromatic rings. The van der Waals surface area contributed by atoms with Crippen LogP contribution in [0.2, 0.25) is 0 Å². The van der Waals surface area contributed by atoms with Crippen LogP contribution in [0.1, 0.15) is 27.8 Å². The topological polar surface area (TPSA) is 17.4 Å². The lowest BCUT2D eigenvalue weighted by Crippen LogP contribution is -2.28. The zero-order chi connectivity index (χ0) is 46.8. The number of ether oxygens (including phenoxy) is 1. The lowest BCUT2D eigenvalue weighted by atomic mass is 9.67. The van der Waals surface area contributed by atoms with Gasteiger partial charge in [0.05, 0.1) is 23.6 Å². The van der Waals surface area contributed by atoms with Gasteiger partial charge in [-0.3, -0.25) is 0 Å². The van der Waals surface area contributed by atoms with Crippen LogP contribution in [0.5, 0.6) is 5.75 Å². The van der Waals surface area contributed by atoms with Crippen molar-refractivity contribution >= 4 is 49.6 Å². The fourth-order valence-corrected chi connectivity index (χ4v) is 11.6. The first-order valence-corrected chi connectivity index (χ1v) is 24.1. The summed E-state index contributed by atoms with van der Waals surface area (Å²) in [6, 6.07) is 93.7. The van der Waals surface area contributed by atoms with E-state index in [0.717, 1.165) is 34.1 Å². The summed E-state index contributed by atoms with van der Waals surface area (Å²) in [7, 11) is 1.71. The Morgan fingerprint density at radius 2 is 0.971 bits per heavy atom. The first-order valence-electron chi connectivity index (χ1n) is 24.1. The monoisotopic (exact) mass is 896 g/mol. The minimum absolute atomic E-state index is 0.517. The SMILES string of the molecule is COc1ccc(N(c2ccc(C)cc2)c2cccc(-c3ccccc3-c3cc4c(c5ccccc35)c3ccccc3n4-c3ccc4c(c3)C(c3ccccc3)(c3ccccc3)c3ccccc3-4)c2)cc1. The molecule has 0 saturated heterocycles. The number of anilines is 3. The number of rotatable bonds is 9. The average molecular weight is 897 g/mol. The summed E-state index contributed by atoms with van der Waals surface area (Å²) in [6.45, 7) is 2.13. The Bertz CT molecular complexity index is 3890. The van der Waals surface area contributed by atoms with Gasteiger partial charge in [-0.2, -0.15) is 0 Å². The molecule has 0 spiro atoms. The third-order valence-corrected chi connectivity index (χ3v) is 14.6. The van der Waals surface area contributed by atoms with Gasteiger partial charge in [-0.15, -0.1) is 0 Å². The number of aryl methyl sites for hydroxylation is 1. The molecule has 1 aliphatic carbocycles. The van der Waals surface area contributed by atoms with Crippen LogP contribution in [0.25, 0.3) is 71.6 Å². The standard InChI is InChI=1S/C67H48N2O/c1-45-32-34-49(35-33-45)68(50-36-39-53(70-2)40-37-50)51-23-17-18-46(42-51)54-24-9-10-25-55(54)61-44-65-66(59-28-12-11-26-56(59)61)60-29-14-16-31-64(60)69(65)52-38-41-58-57-27-13-15-30-62(57)67(63(58)43-52,47-19-5-3-6-20-47)48-21-7-4-8-22-48/h3-44H,1-2H3. The third-order valence-electron chi connectivity index (χ3n) is 14.6. The second-order valence-corrected chi connectivity index (χ2v) is 18.4. The summed E-state index contributed by atoms with van der Waals surface area (Å²) in [5.74, 6) is 0.827. The van der Waals surface area contributed by atoms with Crippen molar-refractivity contribution in [1.82, 2.24) is 4.57 Å². The van der Waals surface area contributed by atoms with Crippen molar-refractivity contribution in [2.24, 2.45) is 0 Å². The lowest BCUT2D eigenvalue weighted by Gasteiger charge is -2.34. The minimum atomic E-state index is -0.517. The summed E-state index contributed by atoms with van der Waals surface area (Å²) in [5, 5.41) is 4.94. The highest BCUT2D eigenvalue weighted by Crippen LogP contribution is 2.57.